The summed E-state index contributed by atoms with van der Waals surface area (Å²) in [6, 6.07) is 21.6. The number of hydrogen-bond acceptors (Lipinski definition) is 5. The molecule has 2 heterocycles. The highest BCUT2D eigenvalue weighted by Crippen LogP contribution is 2.54. The van der Waals surface area contributed by atoms with Gasteiger partial charge in [-0.05, 0) is 47.5 Å². The van der Waals surface area contributed by atoms with Crippen LogP contribution in [0.1, 0.15) is 72.6 Å². The molecule has 6 heteroatoms. The standard InChI is InChI=1S/C35H48O5Si/c1-5-6-14-21-35-23-31(40-33-20-13-15-22-37-33)29(30(35)26-38-32(36)24-35)25-39-41(34(2,3)4,27-16-9-7-10-17-27)28-18-11-8-12-19-28/h7-12,16-19,29-33,36H,5-6,13,15,20,22-26H2,1-4H3/t29-,30-,31-,32?,33?,35-/m1/s1. The van der Waals surface area contributed by atoms with E-state index in [2.05, 4.69) is 100 Å². The Labute approximate surface area is 248 Å². The molecule has 6 atom stereocenters. The second kappa shape index (κ2) is 13.1. The molecule has 5 nitrogen and oxygen atoms in total. The van der Waals surface area contributed by atoms with Gasteiger partial charge < -0.3 is 23.7 Å². The zero-order chi connectivity index (χ0) is 28.9. The van der Waals surface area contributed by atoms with Crippen LogP contribution in [-0.4, -0.2) is 51.9 Å². The number of fused-ring (bicyclic) bond motifs is 1. The number of benzene rings is 2. The Morgan fingerprint density at radius 2 is 1.66 bits per heavy atom. The molecule has 2 unspecified atom stereocenters. The predicted octanol–water partition coefficient (Wildman–Crippen LogP) is 5.64. The smallest absolute Gasteiger partial charge is 0.261 e. The van der Waals surface area contributed by atoms with Crippen LogP contribution >= 0.6 is 0 Å². The third kappa shape index (κ3) is 6.37. The topological polar surface area (TPSA) is 57.2 Å². The van der Waals surface area contributed by atoms with Gasteiger partial charge in [0.15, 0.2) is 12.6 Å². The first-order chi connectivity index (χ1) is 19.8. The van der Waals surface area contributed by atoms with E-state index in [0.717, 1.165) is 45.1 Å². The van der Waals surface area contributed by atoms with Crippen molar-refractivity contribution in [1.82, 2.24) is 0 Å². The van der Waals surface area contributed by atoms with E-state index in [1.807, 2.05) is 0 Å². The van der Waals surface area contributed by atoms with Gasteiger partial charge in [0.25, 0.3) is 8.32 Å². The summed E-state index contributed by atoms with van der Waals surface area (Å²) in [6.45, 7) is 10.9. The second-order valence-electron chi connectivity index (χ2n) is 13.1. The third-order valence-corrected chi connectivity index (χ3v) is 14.4. The molecular formula is C35H48O5Si. The average Bonchev–Trinajstić information content (AvgIpc) is 3.26. The summed E-state index contributed by atoms with van der Waals surface area (Å²) in [5, 5.41) is 13.1. The van der Waals surface area contributed by atoms with E-state index in [1.165, 1.54) is 10.4 Å². The molecule has 0 radical (unpaired) electrons. The molecule has 1 N–H and O–H groups in total. The van der Waals surface area contributed by atoms with Crippen LogP contribution < -0.4 is 10.4 Å². The number of aliphatic hydroxyl groups is 1. The highest BCUT2D eigenvalue weighted by molar-refractivity contribution is 6.99. The minimum atomic E-state index is -2.74. The Balaban J connectivity index is 1.53. The SMILES string of the molecule is CCCC#C[C@@]12CC(O)OC[C@@H]1[C@@H](CO[Si](c1ccccc1)(c1ccccc1)C(C)(C)C)[C@H](OC1CCCCO1)C2. The van der Waals surface area contributed by atoms with Crippen LogP contribution in [0.15, 0.2) is 60.7 Å². The Morgan fingerprint density at radius 3 is 2.24 bits per heavy atom. The highest BCUT2D eigenvalue weighted by atomic mass is 28.4. The van der Waals surface area contributed by atoms with E-state index >= 15 is 0 Å². The lowest BCUT2D eigenvalue weighted by Crippen LogP contribution is -2.67. The Kier molecular flexibility index (Phi) is 9.75. The molecule has 41 heavy (non-hydrogen) atoms. The van der Waals surface area contributed by atoms with E-state index < -0.39 is 14.6 Å². The van der Waals surface area contributed by atoms with Gasteiger partial charge in [-0.1, -0.05) is 94.3 Å². The van der Waals surface area contributed by atoms with Crippen LogP contribution in [0.3, 0.4) is 0 Å². The van der Waals surface area contributed by atoms with E-state index in [1.54, 1.807) is 0 Å². The summed E-state index contributed by atoms with van der Waals surface area (Å²) in [5.41, 5.74) is -0.356. The summed E-state index contributed by atoms with van der Waals surface area (Å²) >= 11 is 0. The maximum Gasteiger partial charge on any atom is 0.261 e. The summed E-state index contributed by atoms with van der Waals surface area (Å²) in [6.07, 6.45) is 5.19. The molecule has 0 amide bonds. The molecule has 2 aromatic rings. The molecule has 5 rings (SSSR count). The number of ether oxygens (including phenoxy) is 3. The molecule has 0 bridgehead atoms. The average molecular weight is 577 g/mol. The molecular weight excluding hydrogens is 528 g/mol. The van der Waals surface area contributed by atoms with Crippen molar-refractivity contribution < 1.29 is 23.7 Å². The van der Waals surface area contributed by atoms with Crippen molar-refractivity contribution in [3.63, 3.8) is 0 Å². The maximum atomic E-state index is 10.7. The fourth-order valence-corrected chi connectivity index (χ4v) is 12.0. The zero-order valence-electron chi connectivity index (χ0n) is 25.3. The molecule has 1 aliphatic carbocycles. The molecule has 0 spiro atoms. The summed E-state index contributed by atoms with van der Waals surface area (Å²) in [7, 11) is -2.74. The van der Waals surface area contributed by atoms with E-state index in [4.69, 9.17) is 18.6 Å². The van der Waals surface area contributed by atoms with E-state index in [0.29, 0.717) is 19.6 Å². The van der Waals surface area contributed by atoms with Gasteiger partial charge in [0.2, 0.25) is 0 Å². The van der Waals surface area contributed by atoms with Crippen LogP contribution in [-0.2, 0) is 18.6 Å². The van der Waals surface area contributed by atoms with Crippen molar-refractivity contribution in [2.24, 2.45) is 17.3 Å². The monoisotopic (exact) mass is 576 g/mol. The molecule has 2 aromatic carbocycles. The summed E-state index contributed by atoms with van der Waals surface area (Å²) < 4.78 is 26.2. The molecule has 3 fully saturated rings. The lowest BCUT2D eigenvalue weighted by Gasteiger charge is -2.45. The minimum absolute atomic E-state index is 0.0746. The molecule has 3 aliphatic rings. The lowest BCUT2D eigenvalue weighted by molar-refractivity contribution is -0.199. The molecule has 2 saturated heterocycles. The molecule has 0 aromatic heterocycles. The summed E-state index contributed by atoms with van der Waals surface area (Å²) in [5.74, 6) is 7.29. The first kappa shape index (κ1) is 30.5. The van der Waals surface area contributed by atoms with Gasteiger partial charge in [0.05, 0.1) is 12.7 Å². The normalized spacial score (nSPS) is 30.3. The fourth-order valence-electron chi connectivity index (χ4n) is 7.36. The van der Waals surface area contributed by atoms with Crippen LogP contribution in [0.2, 0.25) is 5.04 Å². The lowest BCUT2D eigenvalue weighted by atomic mass is 9.72. The van der Waals surface area contributed by atoms with Gasteiger partial charge in [-0.3, -0.25) is 0 Å². The van der Waals surface area contributed by atoms with E-state index in [-0.39, 0.29) is 34.7 Å². The summed E-state index contributed by atoms with van der Waals surface area (Å²) in [4.78, 5) is 0. The van der Waals surface area contributed by atoms with Crippen molar-refractivity contribution in [3.05, 3.63) is 60.7 Å². The fraction of sp³-hybridized carbons (Fsp3) is 0.600. The Bertz CT molecular complexity index is 1120. The number of rotatable bonds is 8. The van der Waals surface area contributed by atoms with Crippen molar-refractivity contribution in [1.29, 1.82) is 0 Å². The van der Waals surface area contributed by atoms with E-state index in [9.17, 15) is 5.11 Å². The van der Waals surface area contributed by atoms with Gasteiger partial charge in [-0.15, -0.1) is 5.92 Å². The quantitative estimate of drug-likeness (QED) is 0.326. The molecule has 1 saturated carbocycles. The third-order valence-electron chi connectivity index (χ3n) is 9.36. The Hall–Kier alpha value is -1.98. The van der Waals surface area contributed by atoms with Gasteiger partial charge in [0.1, 0.15) is 0 Å². The van der Waals surface area contributed by atoms with Gasteiger partial charge in [-0.25, -0.2) is 0 Å². The van der Waals surface area contributed by atoms with Crippen molar-refractivity contribution in [3.8, 4) is 11.8 Å². The van der Waals surface area contributed by atoms with Crippen LogP contribution in [0, 0.1) is 29.1 Å². The van der Waals surface area contributed by atoms with Gasteiger partial charge >= 0.3 is 0 Å². The Morgan fingerprint density at radius 1 is 0.976 bits per heavy atom. The van der Waals surface area contributed by atoms with Crippen molar-refractivity contribution >= 4 is 18.7 Å². The van der Waals surface area contributed by atoms with Gasteiger partial charge in [-0.2, -0.15) is 0 Å². The first-order valence-electron chi connectivity index (χ1n) is 15.6. The van der Waals surface area contributed by atoms with Crippen molar-refractivity contribution in [2.75, 3.05) is 19.8 Å². The molecule has 2 aliphatic heterocycles. The van der Waals surface area contributed by atoms with Crippen LogP contribution in [0.25, 0.3) is 0 Å². The second-order valence-corrected chi connectivity index (χ2v) is 17.4. The van der Waals surface area contributed by atoms with Crippen molar-refractivity contribution in [2.45, 2.75) is 96.4 Å². The number of hydrogen-bond donors (Lipinski definition) is 1. The predicted molar refractivity (Wildman–Crippen MR) is 165 cm³/mol. The maximum absolute atomic E-state index is 10.7. The first-order valence-corrected chi connectivity index (χ1v) is 17.5. The zero-order valence-corrected chi connectivity index (χ0v) is 26.3. The number of unbranched alkanes of at least 4 members (excludes halogenated alkanes) is 1. The largest absolute Gasteiger partial charge is 0.407 e. The highest BCUT2D eigenvalue weighted by Gasteiger charge is 2.58. The minimum Gasteiger partial charge on any atom is -0.407 e. The van der Waals surface area contributed by atoms with Crippen LogP contribution in [0.4, 0.5) is 0 Å². The van der Waals surface area contributed by atoms with Gasteiger partial charge in [0, 0.05) is 43.3 Å². The molecule has 222 valence electrons. The number of aliphatic hydroxyl groups excluding tert-OH is 1. The van der Waals surface area contributed by atoms with Crippen LogP contribution in [0.5, 0.6) is 0 Å².